The number of anilines is 1. The Bertz CT molecular complexity index is 1300. The van der Waals surface area contributed by atoms with Gasteiger partial charge in [-0.2, -0.15) is 5.10 Å². The van der Waals surface area contributed by atoms with Gasteiger partial charge in [-0.15, -0.1) is 0 Å². The third kappa shape index (κ3) is 3.10. The fourth-order valence-corrected chi connectivity index (χ4v) is 3.95. The topological polar surface area (TPSA) is 96.2 Å². The summed E-state index contributed by atoms with van der Waals surface area (Å²) >= 11 is 0. The van der Waals surface area contributed by atoms with E-state index in [1.807, 2.05) is 19.1 Å². The number of benzene rings is 1. The molecule has 9 heteroatoms. The highest BCUT2D eigenvalue weighted by molar-refractivity contribution is 5.97. The summed E-state index contributed by atoms with van der Waals surface area (Å²) in [5.41, 5.74) is 1.43. The SMILES string of the molecule is Cc1cc(-n2ncc3cc(N4C(=O)N[C@@H](c5ccc(F)cc5)C4(C)O)ncc32)ccn1. The van der Waals surface area contributed by atoms with Crippen LogP contribution in [0.4, 0.5) is 15.0 Å². The minimum absolute atomic E-state index is 0.282. The Labute approximate surface area is 177 Å². The first kappa shape index (κ1) is 19.1. The molecule has 31 heavy (non-hydrogen) atoms. The molecular weight excluding hydrogens is 399 g/mol. The zero-order valence-corrected chi connectivity index (χ0v) is 16.8. The van der Waals surface area contributed by atoms with Gasteiger partial charge < -0.3 is 10.4 Å². The van der Waals surface area contributed by atoms with Crippen LogP contribution in [-0.4, -0.2) is 36.6 Å². The van der Waals surface area contributed by atoms with Crippen LogP contribution in [0.5, 0.6) is 0 Å². The number of aromatic nitrogens is 4. The lowest BCUT2D eigenvalue weighted by Gasteiger charge is -2.31. The summed E-state index contributed by atoms with van der Waals surface area (Å²) in [6.45, 7) is 3.42. The van der Waals surface area contributed by atoms with Crippen LogP contribution in [0.15, 0.2) is 61.1 Å². The molecule has 0 spiro atoms. The first-order chi connectivity index (χ1) is 14.8. The third-order valence-electron chi connectivity index (χ3n) is 5.47. The van der Waals surface area contributed by atoms with Crippen LogP contribution in [0.3, 0.4) is 0 Å². The van der Waals surface area contributed by atoms with Crippen molar-refractivity contribution in [3.8, 4) is 5.69 Å². The molecule has 3 aromatic heterocycles. The van der Waals surface area contributed by atoms with Gasteiger partial charge >= 0.3 is 6.03 Å². The molecule has 1 fully saturated rings. The Morgan fingerprint density at radius 2 is 1.90 bits per heavy atom. The van der Waals surface area contributed by atoms with Gasteiger partial charge in [-0.25, -0.2) is 23.8 Å². The Hall–Kier alpha value is -3.85. The van der Waals surface area contributed by atoms with Crippen LogP contribution < -0.4 is 10.2 Å². The maximum absolute atomic E-state index is 13.3. The number of amides is 2. The van der Waals surface area contributed by atoms with Crippen molar-refractivity contribution in [1.29, 1.82) is 0 Å². The number of nitrogens with one attached hydrogen (secondary N) is 1. The number of aryl methyl sites for hydroxylation is 1. The lowest BCUT2D eigenvalue weighted by molar-refractivity contribution is 0.0492. The van der Waals surface area contributed by atoms with Crippen molar-refractivity contribution < 1.29 is 14.3 Å². The maximum Gasteiger partial charge on any atom is 0.326 e. The predicted molar refractivity (Wildman–Crippen MR) is 112 cm³/mol. The van der Waals surface area contributed by atoms with Gasteiger partial charge in [0.15, 0.2) is 5.72 Å². The van der Waals surface area contributed by atoms with Crippen LogP contribution in [0.25, 0.3) is 16.6 Å². The number of pyridine rings is 2. The number of aliphatic hydroxyl groups is 1. The molecule has 0 saturated carbocycles. The van der Waals surface area contributed by atoms with E-state index < -0.39 is 23.6 Å². The van der Waals surface area contributed by atoms with Gasteiger partial charge in [0.25, 0.3) is 0 Å². The molecule has 4 aromatic rings. The first-order valence-corrected chi connectivity index (χ1v) is 9.70. The van der Waals surface area contributed by atoms with Crippen LogP contribution in [0.1, 0.15) is 24.2 Å². The largest absolute Gasteiger partial charge is 0.368 e. The van der Waals surface area contributed by atoms with E-state index in [-0.39, 0.29) is 5.82 Å². The van der Waals surface area contributed by atoms with E-state index in [9.17, 15) is 14.3 Å². The van der Waals surface area contributed by atoms with Crippen molar-refractivity contribution in [3.05, 3.63) is 78.1 Å². The van der Waals surface area contributed by atoms with Gasteiger partial charge in [0.1, 0.15) is 17.7 Å². The molecule has 1 unspecified atom stereocenters. The van der Waals surface area contributed by atoms with Gasteiger partial charge in [0, 0.05) is 17.3 Å². The first-order valence-electron chi connectivity index (χ1n) is 9.70. The monoisotopic (exact) mass is 418 g/mol. The van der Waals surface area contributed by atoms with Crippen molar-refractivity contribution in [2.45, 2.75) is 25.6 Å². The van der Waals surface area contributed by atoms with E-state index in [1.165, 1.54) is 36.1 Å². The minimum atomic E-state index is -1.62. The third-order valence-corrected chi connectivity index (χ3v) is 5.47. The van der Waals surface area contributed by atoms with Gasteiger partial charge in [0.05, 0.1) is 23.6 Å². The van der Waals surface area contributed by atoms with E-state index >= 15 is 0 Å². The van der Waals surface area contributed by atoms with E-state index in [4.69, 9.17) is 0 Å². The molecular formula is C22H19FN6O2. The Morgan fingerprint density at radius 3 is 2.65 bits per heavy atom. The lowest BCUT2D eigenvalue weighted by Crippen LogP contribution is -2.46. The number of carbonyl (C=O) groups excluding carboxylic acids is 1. The van der Waals surface area contributed by atoms with Gasteiger partial charge in [-0.1, -0.05) is 12.1 Å². The molecule has 8 nitrogen and oxygen atoms in total. The second kappa shape index (κ2) is 6.85. The van der Waals surface area contributed by atoms with Crippen molar-refractivity contribution >= 4 is 22.8 Å². The summed E-state index contributed by atoms with van der Waals surface area (Å²) in [5, 5.41) is 19.2. The summed E-state index contributed by atoms with van der Waals surface area (Å²) in [5.74, 6) is -0.108. The molecule has 2 amide bonds. The number of carbonyl (C=O) groups is 1. The van der Waals surface area contributed by atoms with Gasteiger partial charge in [-0.05, 0) is 49.7 Å². The molecule has 0 aliphatic carbocycles. The summed E-state index contributed by atoms with van der Waals surface area (Å²) < 4.78 is 15.0. The van der Waals surface area contributed by atoms with Crippen LogP contribution in [0.2, 0.25) is 0 Å². The summed E-state index contributed by atoms with van der Waals surface area (Å²) in [4.78, 5) is 22.6. The van der Waals surface area contributed by atoms with E-state index in [0.717, 1.165) is 22.3 Å². The lowest BCUT2D eigenvalue weighted by atomic mass is 9.98. The molecule has 4 heterocycles. The number of rotatable bonds is 3. The zero-order valence-electron chi connectivity index (χ0n) is 16.8. The van der Waals surface area contributed by atoms with Crippen molar-refractivity contribution in [1.82, 2.24) is 25.1 Å². The van der Waals surface area contributed by atoms with E-state index in [2.05, 4.69) is 20.4 Å². The fourth-order valence-electron chi connectivity index (χ4n) is 3.95. The van der Waals surface area contributed by atoms with Gasteiger partial charge in [-0.3, -0.25) is 4.98 Å². The highest BCUT2D eigenvalue weighted by atomic mass is 19.1. The zero-order chi connectivity index (χ0) is 21.8. The predicted octanol–water partition coefficient (Wildman–Crippen LogP) is 3.24. The molecule has 0 radical (unpaired) electrons. The summed E-state index contributed by atoms with van der Waals surface area (Å²) in [6.07, 6.45) is 5.00. The molecule has 1 aliphatic rings. The summed E-state index contributed by atoms with van der Waals surface area (Å²) in [7, 11) is 0. The second-order valence-electron chi connectivity index (χ2n) is 7.68. The molecule has 1 aromatic carbocycles. The molecule has 156 valence electrons. The normalized spacial score (nSPS) is 21.0. The maximum atomic E-state index is 13.3. The molecule has 2 atom stereocenters. The average Bonchev–Trinajstić information content (AvgIpc) is 3.26. The minimum Gasteiger partial charge on any atom is -0.368 e. The molecule has 1 aliphatic heterocycles. The molecule has 5 rings (SSSR count). The summed E-state index contributed by atoms with van der Waals surface area (Å²) in [6, 6.07) is 9.87. The molecule has 0 bridgehead atoms. The standard InChI is InChI=1S/C22H19FN6O2/c1-13-9-17(7-8-24-13)29-18-12-25-19(10-15(18)11-26-29)28-21(30)27-20(22(28,2)31)14-3-5-16(23)6-4-14/h3-12,20,31H,1-2H3,(H,27,30)/t20-,22?/m0/s1. The number of halogens is 1. The Morgan fingerprint density at radius 1 is 1.13 bits per heavy atom. The van der Waals surface area contributed by atoms with E-state index in [1.54, 1.807) is 29.3 Å². The van der Waals surface area contributed by atoms with Crippen LogP contribution in [-0.2, 0) is 0 Å². The van der Waals surface area contributed by atoms with Crippen molar-refractivity contribution in [2.75, 3.05) is 4.90 Å². The second-order valence-corrected chi connectivity index (χ2v) is 7.68. The van der Waals surface area contributed by atoms with Crippen LogP contribution >= 0.6 is 0 Å². The highest BCUT2D eigenvalue weighted by Gasteiger charge is 2.50. The molecule has 2 N–H and O–H groups in total. The quantitative estimate of drug-likeness (QED) is 0.533. The Kier molecular flexibility index (Phi) is 4.23. The highest BCUT2D eigenvalue weighted by Crippen LogP contribution is 2.38. The fraction of sp³-hybridized carbons (Fsp3) is 0.182. The number of nitrogens with zero attached hydrogens (tertiary/aromatic N) is 5. The van der Waals surface area contributed by atoms with E-state index in [0.29, 0.717) is 5.56 Å². The van der Waals surface area contributed by atoms with Gasteiger partial charge in [0.2, 0.25) is 0 Å². The van der Waals surface area contributed by atoms with Crippen molar-refractivity contribution in [3.63, 3.8) is 0 Å². The van der Waals surface area contributed by atoms with Crippen LogP contribution in [0, 0.1) is 12.7 Å². The number of fused-ring (bicyclic) bond motifs is 1. The smallest absolute Gasteiger partial charge is 0.326 e. The average molecular weight is 418 g/mol. The van der Waals surface area contributed by atoms with Crippen molar-refractivity contribution in [2.24, 2.45) is 0 Å². The number of hydrogen-bond donors (Lipinski definition) is 2. The Balaban J connectivity index is 1.53. The number of urea groups is 1. The molecule has 1 saturated heterocycles. The number of hydrogen-bond acceptors (Lipinski definition) is 5.